The van der Waals surface area contributed by atoms with Gasteiger partial charge in [0.1, 0.15) is 5.75 Å². The van der Waals surface area contributed by atoms with E-state index in [0.29, 0.717) is 11.5 Å². The van der Waals surface area contributed by atoms with Gasteiger partial charge in [0.25, 0.3) is 0 Å². The van der Waals surface area contributed by atoms with Crippen molar-refractivity contribution in [3.63, 3.8) is 0 Å². The molecule has 0 spiro atoms. The first-order valence-corrected chi connectivity index (χ1v) is 10.1. The van der Waals surface area contributed by atoms with Gasteiger partial charge in [0.05, 0.1) is 7.11 Å². The van der Waals surface area contributed by atoms with Gasteiger partial charge in [-0.25, -0.2) is 0 Å². The van der Waals surface area contributed by atoms with E-state index in [1.807, 2.05) is 12.1 Å². The number of rotatable bonds is 5. The molecule has 1 atom stereocenters. The van der Waals surface area contributed by atoms with E-state index in [9.17, 15) is 0 Å². The first-order chi connectivity index (χ1) is 12.1. The van der Waals surface area contributed by atoms with Gasteiger partial charge in [-0.15, -0.1) is 0 Å². The zero-order chi connectivity index (χ0) is 17.4. The second kappa shape index (κ2) is 6.79. The SMILES string of the molecule is COc1ccc(CNC(=S)N[C@H](C)C23CC4CC(CC(C4)C2)C3)cc1. The fourth-order valence-electron chi connectivity index (χ4n) is 6.03. The van der Waals surface area contributed by atoms with Crippen LogP contribution in [0.4, 0.5) is 0 Å². The largest absolute Gasteiger partial charge is 0.497 e. The maximum atomic E-state index is 5.59. The molecular weight excluding hydrogens is 328 g/mol. The number of hydrogen-bond acceptors (Lipinski definition) is 2. The summed E-state index contributed by atoms with van der Waals surface area (Å²) in [4.78, 5) is 0. The second-order valence-corrected chi connectivity index (χ2v) is 9.08. The Labute approximate surface area is 156 Å². The van der Waals surface area contributed by atoms with Crippen LogP contribution in [0.1, 0.15) is 51.0 Å². The summed E-state index contributed by atoms with van der Waals surface area (Å²) in [6.45, 7) is 3.11. The highest BCUT2D eigenvalue weighted by molar-refractivity contribution is 7.80. The smallest absolute Gasteiger partial charge is 0.166 e. The van der Waals surface area contributed by atoms with E-state index in [1.165, 1.54) is 44.1 Å². The molecule has 4 fully saturated rings. The summed E-state index contributed by atoms with van der Waals surface area (Å²) in [5.41, 5.74) is 1.70. The van der Waals surface area contributed by atoms with Crippen molar-refractivity contribution >= 4 is 17.3 Å². The van der Waals surface area contributed by atoms with Gasteiger partial charge in [-0.2, -0.15) is 0 Å². The molecule has 136 valence electrons. The fraction of sp³-hybridized carbons (Fsp3) is 0.667. The zero-order valence-electron chi connectivity index (χ0n) is 15.4. The van der Waals surface area contributed by atoms with E-state index in [2.05, 4.69) is 29.7 Å². The van der Waals surface area contributed by atoms with Crippen LogP contribution in [0, 0.1) is 23.2 Å². The molecule has 4 saturated carbocycles. The van der Waals surface area contributed by atoms with Crippen LogP contribution in [0.3, 0.4) is 0 Å². The maximum absolute atomic E-state index is 5.59. The molecule has 0 amide bonds. The van der Waals surface area contributed by atoms with Gasteiger partial charge in [-0.1, -0.05) is 12.1 Å². The molecular formula is C21H30N2OS. The van der Waals surface area contributed by atoms with Crippen molar-refractivity contribution in [1.82, 2.24) is 10.6 Å². The normalized spacial score (nSPS) is 33.8. The van der Waals surface area contributed by atoms with E-state index < -0.39 is 0 Å². The average Bonchev–Trinajstić information content (AvgIpc) is 2.59. The summed E-state index contributed by atoms with van der Waals surface area (Å²) in [7, 11) is 1.69. The lowest BCUT2D eigenvalue weighted by Crippen LogP contribution is -2.57. The molecule has 0 aromatic heterocycles. The molecule has 4 aliphatic carbocycles. The van der Waals surface area contributed by atoms with Gasteiger partial charge in [-0.3, -0.25) is 0 Å². The summed E-state index contributed by atoms with van der Waals surface area (Å²) >= 11 is 5.59. The molecule has 1 aromatic carbocycles. The third-order valence-corrected chi connectivity index (χ3v) is 7.23. The van der Waals surface area contributed by atoms with Crippen LogP contribution >= 0.6 is 12.2 Å². The monoisotopic (exact) mass is 358 g/mol. The lowest BCUT2D eigenvalue weighted by atomic mass is 9.48. The van der Waals surface area contributed by atoms with Gasteiger partial charge in [-0.05, 0) is 98.5 Å². The highest BCUT2D eigenvalue weighted by Gasteiger charge is 2.53. The molecule has 4 bridgehead atoms. The Kier molecular flexibility index (Phi) is 4.65. The van der Waals surface area contributed by atoms with Crippen molar-refractivity contribution in [1.29, 1.82) is 0 Å². The fourth-order valence-corrected chi connectivity index (χ4v) is 6.28. The summed E-state index contributed by atoms with van der Waals surface area (Å²) in [5.74, 6) is 3.84. The maximum Gasteiger partial charge on any atom is 0.166 e. The highest BCUT2D eigenvalue weighted by Crippen LogP contribution is 2.61. The molecule has 4 aliphatic rings. The zero-order valence-corrected chi connectivity index (χ0v) is 16.2. The number of benzene rings is 1. The minimum atomic E-state index is 0.469. The van der Waals surface area contributed by atoms with Gasteiger partial charge >= 0.3 is 0 Å². The Morgan fingerprint density at radius 1 is 1.12 bits per heavy atom. The Morgan fingerprint density at radius 3 is 2.20 bits per heavy atom. The van der Waals surface area contributed by atoms with Crippen molar-refractivity contribution in [2.75, 3.05) is 7.11 Å². The quantitative estimate of drug-likeness (QED) is 0.771. The van der Waals surface area contributed by atoms with Crippen LogP contribution in [0.25, 0.3) is 0 Å². The van der Waals surface area contributed by atoms with Gasteiger partial charge in [0.2, 0.25) is 0 Å². The van der Waals surface area contributed by atoms with E-state index in [1.54, 1.807) is 7.11 Å². The lowest BCUT2D eigenvalue weighted by Gasteiger charge is -2.59. The average molecular weight is 359 g/mol. The predicted octanol–water partition coefficient (Wildman–Crippen LogP) is 4.26. The summed E-state index contributed by atoms with van der Waals surface area (Å²) < 4.78 is 5.21. The second-order valence-electron chi connectivity index (χ2n) is 8.68. The molecule has 2 N–H and O–H groups in total. The molecule has 5 rings (SSSR count). The Balaban J connectivity index is 1.31. The number of ether oxygens (including phenoxy) is 1. The van der Waals surface area contributed by atoms with Crippen LogP contribution in [0.2, 0.25) is 0 Å². The molecule has 1 aromatic rings. The molecule has 4 heteroatoms. The van der Waals surface area contributed by atoms with Crippen molar-refractivity contribution in [3.8, 4) is 5.75 Å². The number of nitrogens with one attached hydrogen (secondary N) is 2. The third-order valence-electron chi connectivity index (χ3n) is 6.96. The lowest BCUT2D eigenvalue weighted by molar-refractivity contribution is -0.0672. The van der Waals surface area contributed by atoms with Crippen molar-refractivity contribution in [3.05, 3.63) is 29.8 Å². The van der Waals surface area contributed by atoms with Crippen LogP contribution in [-0.4, -0.2) is 18.3 Å². The minimum Gasteiger partial charge on any atom is -0.497 e. The molecule has 0 unspecified atom stereocenters. The molecule has 0 saturated heterocycles. The minimum absolute atomic E-state index is 0.469. The molecule has 0 heterocycles. The predicted molar refractivity (Wildman–Crippen MR) is 106 cm³/mol. The van der Waals surface area contributed by atoms with Gasteiger partial charge < -0.3 is 15.4 Å². The topological polar surface area (TPSA) is 33.3 Å². The van der Waals surface area contributed by atoms with Crippen LogP contribution in [0.15, 0.2) is 24.3 Å². The van der Waals surface area contributed by atoms with Crippen molar-refractivity contribution in [2.24, 2.45) is 23.2 Å². The van der Waals surface area contributed by atoms with Gasteiger partial charge in [0, 0.05) is 12.6 Å². The summed E-state index contributed by atoms with van der Waals surface area (Å²) in [6.07, 6.45) is 8.71. The summed E-state index contributed by atoms with van der Waals surface area (Å²) in [5, 5.41) is 7.80. The third kappa shape index (κ3) is 3.51. The van der Waals surface area contributed by atoms with Crippen LogP contribution in [-0.2, 0) is 6.54 Å². The van der Waals surface area contributed by atoms with Gasteiger partial charge in [0.15, 0.2) is 5.11 Å². The molecule has 0 radical (unpaired) electrons. The highest BCUT2D eigenvalue weighted by atomic mass is 32.1. The Bertz CT molecular complexity index is 592. The molecule has 0 aliphatic heterocycles. The van der Waals surface area contributed by atoms with E-state index in [4.69, 9.17) is 17.0 Å². The first kappa shape index (κ1) is 17.1. The van der Waals surface area contributed by atoms with Crippen LogP contribution in [0.5, 0.6) is 5.75 Å². The van der Waals surface area contributed by atoms with Crippen molar-refractivity contribution in [2.45, 2.75) is 58.0 Å². The first-order valence-electron chi connectivity index (χ1n) is 9.73. The van der Waals surface area contributed by atoms with Crippen LogP contribution < -0.4 is 15.4 Å². The standard InChI is InChI=1S/C21H30N2OS/c1-14(21-10-16-7-17(11-21)9-18(8-16)12-21)23-20(25)22-13-15-3-5-19(24-2)6-4-15/h3-6,14,16-18H,7-13H2,1-2H3,(H2,22,23,25)/t14-,16?,17?,18?,21?/m1/s1. The Hall–Kier alpha value is -1.29. The van der Waals surface area contributed by atoms with E-state index in [0.717, 1.165) is 35.2 Å². The number of thiocarbonyl (C=S) groups is 1. The number of methoxy groups -OCH3 is 1. The molecule has 3 nitrogen and oxygen atoms in total. The van der Waals surface area contributed by atoms with Crippen molar-refractivity contribution < 1.29 is 4.74 Å². The Morgan fingerprint density at radius 2 is 1.68 bits per heavy atom. The number of hydrogen-bond donors (Lipinski definition) is 2. The molecule has 25 heavy (non-hydrogen) atoms. The van der Waals surface area contributed by atoms with E-state index >= 15 is 0 Å². The summed E-state index contributed by atoms with van der Waals surface area (Å²) in [6, 6.07) is 8.61. The van der Waals surface area contributed by atoms with E-state index in [-0.39, 0.29) is 0 Å².